The molecule has 268 valence electrons. The molecule has 0 radical (unpaired) electrons. The molecule has 0 saturated carbocycles. The second kappa shape index (κ2) is 24.9. The molecule has 2 fully saturated rings. The SMILES string of the molecule is C=C.CC.CCCN1CC(C)C[C@@H](C)CCC(=O)C(C)(C)C(=O)OC[C@H]1CCCNCc1ccncn1.C[C@H]1C[C@@H](C)O[C@@H](O)C1.[HH]. The average molecular weight is 651 g/mol. The number of esters is 1. The van der Waals surface area contributed by atoms with Crippen molar-refractivity contribution in [2.24, 2.45) is 23.2 Å². The Kier molecular flexibility index (Phi) is 23.7. The number of nitrogens with one attached hydrogen (secondary N) is 1. The fraction of sp³-hybridized carbons (Fsp3) is 0.784. The lowest BCUT2D eigenvalue weighted by Gasteiger charge is -2.34. The zero-order valence-corrected chi connectivity index (χ0v) is 30.7. The third-order valence-electron chi connectivity index (χ3n) is 8.42. The molecular weight excluding hydrogens is 580 g/mol. The summed E-state index contributed by atoms with van der Waals surface area (Å²) in [5, 5.41) is 12.5. The summed E-state index contributed by atoms with van der Waals surface area (Å²) in [7, 11) is 0. The van der Waals surface area contributed by atoms with Crippen molar-refractivity contribution in [2.75, 3.05) is 26.2 Å². The monoisotopic (exact) mass is 651 g/mol. The Balaban J connectivity index is 0. The van der Waals surface area contributed by atoms with Crippen LogP contribution in [-0.2, 0) is 25.6 Å². The van der Waals surface area contributed by atoms with Crippen LogP contribution < -0.4 is 5.32 Å². The maximum Gasteiger partial charge on any atom is 0.319 e. The van der Waals surface area contributed by atoms with E-state index in [-0.39, 0.29) is 19.4 Å². The second-order valence-electron chi connectivity index (χ2n) is 13.3. The molecule has 2 aliphatic rings. The van der Waals surface area contributed by atoms with E-state index in [0.717, 1.165) is 70.3 Å². The van der Waals surface area contributed by atoms with E-state index in [1.807, 2.05) is 26.8 Å². The van der Waals surface area contributed by atoms with Gasteiger partial charge < -0.3 is 19.9 Å². The number of carbonyl (C=O) groups is 2. The smallest absolute Gasteiger partial charge is 0.319 e. The molecule has 9 nitrogen and oxygen atoms in total. The van der Waals surface area contributed by atoms with Crippen LogP contribution in [0.15, 0.2) is 31.7 Å². The highest BCUT2D eigenvalue weighted by atomic mass is 16.6. The van der Waals surface area contributed by atoms with E-state index < -0.39 is 17.7 Å². The molecule has 2 N–H and O–H groups in total. The number of aliphatic hydroxyl groups excluding tert-OH is 1. The summed E-state index contributed by atoms with van der Waals surface area (Å²) in [6, 6.07) is 2.06. The Hall–Kier alpha value is -2.20. The molecule has 2 saturated heterocycles. The number of ketones is 1. The van der Waals surface area contributed by atoms with Gasteiger partial charge in [-0.05, 0) is 96.2 Å². The van der Waals surface area contributed by atoms with Crippen LogP contribution in [0.2, 0.25) is 0 Å². The van der Waals surface area contributed by atoms with Gasteiger partial charge >= 0.3 is 5.97 Å². The van der Waals surface area contributed by atoms with Crippen molar-refractivity contribution < 1.29 is 25.6 Å². The molecule has 1 aromatic rings. The number of carbonyl (C=O) groups excluding carboxylic acids is 2. The predicted octanol–water partition coefficient (Wildman–Crippen LogP) is 7.24. The van der Waals surface area contributed by atoms with Crippen LogP contribution in [0.5, 0.6) is 0 Å². The first-order valence-corrected chi connectivity index (χ1v) is 17.7. The van der Waals surface area contributed by atoms with Crippen LogP contribution in [0.1, 0.15) is 121 Å². The molecule has 1 unspecified atom stereocenters. The lowest BCUT2D eigenvalue weighted by Crippen LogP contribution is -2.44. The van der Waals surface area contributed by atoms with E-state index in [1.54, 1.807) is 26.4 Å². The van der Waals surface area contributed by atoms with E-state index in [1.165, 1.54) is 0 Å². The van der Waals surface area contributed by atoms with Crippen LogP contribution in [0, 0.1) is 23.2 Å². The van der Waals surface area contributed by atoms with Gasteiger partial charge in [0.05, 0.1) is 11.8 Å². The lowest BCUT2D eigenvalue weighted by atomic mass is 9.83. The Morgan fingerprint density at radius 1 is 1.09 bits per heavy atom. The van der Waals surface area contributed by atoms with Gasteiger partial charge in [0.2, 0.25) is 0 Å². The van der Waals surface area contributed by atoms with E-state index in [4.69, 9.17) is 14.6 Å². The zero-order chi connectivity index (χ0) is 35.1. The summed E-state index contributed by atoms with van der Waals surface area (Å²) >= 11 is 0. The highest BCUT2D eigenvalue weighted by molar-refractivity contribution is 6.02. The molecule has 3 rings (SSSR count). The molecule has 0 amide bonds. The number of aliphatic hydroxyl groups is 1. The van der Waals surface area contributed by atoms with Crippen molar-refractivity contribution in [1.82, 2.24) is 20.2 Å². The van der Waals surface area contributed by atoms with Gasteiger partial charge in [-0.1, -0.05) is 41.5 Å². The first-order chi connectivity index (χ1) is 21.9. The maximum absolute atomic E-state index is 12.9. The Morgan fingerprint density at radius 2 is 1.78 bits per heavy atom. The number of rotatable bonds is 8. The Morgan fingerprint density at radius 3 is 2.37 bits per heavy atom. The number of hydrogen-bond donors (Lipinski definition) is 2. The Bertz CT molecular complexity index is 914. The summed E-state index contributed by atoms with van der Waals surface area (Å²) in [5.74, 6) is 1.20. The zero-order valence-electron chi connectivity index (χ0n) is 30.7. The number of aromatic nitrogens is 2. The summed E-state index contributed by atoms with van der Waals surface area (Å²) in [5.41, 5.74) is -0.109. The van der Waals surface area contributed by atoms with Gasteiger partial charge in [0.15, 0.2) is 6.29 Å². The second-order valence-corrected chi connectivity index (χ2v) is 13.3. The van der Waals surface area contributed by atoms with E-state index in [2.05, 4.69) is 61.0 Å². The van der Waals surface area contributed by atoms with E-state index >= 15 is 0 Å². The topological polar surface area (TPSA) is 114 Å². The summed E-state index contributed by atoms with van der Waals surface area (Å²) < 4.78 is 10.9. The number of cyclic esters (lactones) is 1. The van der Waals surface area contributed by atoms with Crippen molar-refractivity contribution in [3.05, 3.63) is 37.4 Å². The molecule has 46 heavy (non-hydrogen) atoms. The number of nitrogens with zero attached hydrogens (tertiary/aromatic N) is 3. The van der Waals surface area contributed by atoms with Crippen LogP contribution in [0.4, 0.5) is 0 Å². The van der Waals surface area contributed by atoms with Crippen LogP contribution in [-0.4, -0.2) is 76.4 Å². The van der Waals surface area contributed by atoms with Crippen molar-refractivity contribution >= 4 is 11.8 Å². The summed E-state index contributed by atoms with van der Waals surface area (Å²) in [6.45, 7) is 28.2. The molecular formula is C37H70N4O5. The maximum atomic E-state index is 12.9. The highest BCUT2D eigenvalue weighted by Gasteiger charge is 2.38. The van der Waals surface area contributed by atoms with Crippen LogP contribution in [0.3, 0.4) is 0 Å². The minimum atomic E-state index is -1.08. The first kappa shape index (κ1) is 43.8. The molecule has 6 atom stereocenters. The van der Waals surface area contributed by atoms with Gasteiger partial charge in [-0.3, -0.25) is 14.5 Å². The summed E-state index contributed by atoms with van der Waals surface area (Å²) in [4.78, 5) is 36.3. The number of ether oxygens (including phenoxy) is 2. The number of hydrogen-bond acceptors (Lipinski definition) is 9. The molecule has 0 aromatic carbocycles. The van der Waals surface area contributed by atoms with Crippen LogP contribution >= 0.6 is 0 Å². The average Bonchev–Trinajstić information content (AvgIpc) is 3.02. The van der Waals surface area contributed by atoms with Gasteiger partial charge in [0.1, 0.15) is 24.1 Å². The van der Waals surface area contributed by atoms with Crippen molar-refractivity contribution in [3.63, 3.8) is 0 Å². The fourth-order valence-corrected chi connectivity index (χ4v) is 6.01. The minimum absolute atomic E-state index is 0. The standard InChI is InChI=1S/C26H44N4O3.C7H14O2.C2H6.C2H4.H2/c1-6-14-30-17-21(3)15-20(2)9-10-24(31)26(4,5)25(32)33-18-23(30)8-7-12-27-16-22-11-13-28-19-29-22;1-5-3-6(2)9-7(8)4-5;2*1-2;/h11,13,19-21,23,27H,6-10,12,14-18H2,1-5H3;5-8H,3-4H2,1-2H3;1-2H3;1-2H2;1H/t20-,21?,23+;5-,6+,7+;;;/m00.../s1. The third-order valence-corrected chi connectivity index (χ3v) is 8.42. The van der Waals surface area contributed by atoms with Gasteiger partial charge in [-0.25, -0.2) is 9.97 Å². The fourth-order valence-electron chi connectivity index (χ4n) is 6.01. The predicted molar refractivity (Wildman–Crippen MR) is 190 cm³/mol. The molecule has 9 heteroatoms. The lowest BCUT2D eigenvalue weighted by molar-refractivity contribution is -0.169. The van der Waals surface area contributed by atoms with Gasteiger partial charge in [-0.2, -0.15) is 0 Å². The van der Waals surface area contributed by atoms with E-state index in [0.29, 0.717) is 37.3 Å². The normalized spacial score (nSPS) is 27.3. The minimum Gasteiger partial charge on any atom is -0.463 e. The van der Waals surface area contributed by atoms with Gasteiger partial charge in [-0.15, -0.1) is 13.2 Å². The van der Waals surface area contributed by atoms with Crippen molar-refractivity contribution in [2.45, 2.75) is 139 Å². The third kappa shape index (κ3) is 17.6. The molecule has 1 aromatic heterocycles. The molecule has 2 aliphatic heterocycles. The van der Waals surface area contributed by atoms with Gasteiger partial charge in [0, 0.05) is 39.6 Å². The first-order valence-electron chi connectivity index (χ1n) is 17.7. The van der Waals surface area contributed by atoms with Crippen molar-refractivity contribution in [1.29, 1.82) is 0 Å². The summed E-state index contributed by atoms with van der Waals surface area (Å²) in [6.07, 6.45) is 10.2. The Labute approximate surface area is 282 Å². The van der Waals surface area contributed by atoms with E-state index in [9.17, 15) is 9.59 Å². The molecule has 0 spiro atoms. The van der Waals surface area contributed by atoms with Crippen LogP contribution in [0.25, 0.3) is 0 Å². The van der Waals surface area contributed by atoms with Crippen molar-refractivity contribution in [3.8, 4) is 0 Å². The number of Topliss-reactive ketones (excluding diaryl/α,β-unsaturated/α-hetero) is 1. The quantitative estimate of drug-likeness (QED) is 0.130. The molecule has 3 heterocycles. The largest absolute Gasteiger partial charge is 0.463 e. The van der Waals surface area contributed by atoms with Gasteiger partial charge in [0.25, 0.3) is 0 Å². The highest BCUT2D eigenvalue weighted by Crippen LogP contribution is 2.27. The molecule has 0 aliphatic carbocycles. The molecule has 0 bridgehead atoms.